The second kappa shape index (κ2) is 22.8. The third-order valence-electron chi connectivity index (χ3n) is 0.697. The minimum absolute atomic E-state index is 0. The first-order chi connectivity index (χ1) is 2.91. The number of rotatable bonds is 3. The van der Waals surface area contributed by atoms with Crippen LogP contribution in [0, 0.1) is 0 Å². The number of hydrogen-bond acceptors (Lipinski definition) is 0. The highest BCUT2D eigenvalue weighted by Gasteiger charge is 1.78. The molecule has 2 nitrogen and oxygen atoms in total. The maximum Gasteiger partial charge on any atom is 0.125 e. The van der Waals surface area contributed by atoms with E-state index in [9.17, 15) is 0 Å². The predicted molar refractivity (Wildman–Crippen MR) is 31.8 cm³/mol. The maximum atomic E-state index is 3.69. The van der Waals surface area contributed by atoms with Gasteiger partial charge in [-0.15, -0.1) is 0 Å². The van der Waals surface area contributed by atoms with Gasteiger partial charge < -0.3 is 59.0 Å². The Kier molecular flexibility index (Phi) is 56.7. The molecule has 0 heterocycles. The monoisotopic (exact) mass is 360 g/mol. The molecule has 0 aromatic carbocycles. The SMILES string of the molecule is C.CC[NH2+]CC[NH3+].[I-].[I-]. The molecule has 0 aliphatic heterocycles. The van der Waals surface area contributed by atoms with Crippen molar-refractivity contribution in [3.8, 4) is 0 Å². The molecule has 0 amide bonds. The maximum absolute atomic E-state index is 3.69. The van der Waals surface area contributed by atoms with Crippen molar-refractivity contribution in [2.24, 2.45) is 0 Å². The van der Waals surface area contributed by atoms with Gasteiger partial charge in [-0.2, -0.15) is 0 Å². The molecule has 0 radical (unpaired) electrons. The molecule has 0 bridgehead atoms. The standard InChI is InChI=1S/C4H12N2.CH4.2HI/c1-2-6-4-3-5;;;/h6H,2-5H2,1H3;1H4;2*1H. The molecule has 0 aliphatic carbocycles. The molecule has 0 saturated heterocycles. The number of nitrogens with two attached hydrogens (primary N) is 1. The van der Waals surface area contributed by atoms with Crippen LogP contribution in [-0.2, 0) is 0 Å². The third kappa shape index (κ3) is 26.6. The van der Waals surface area contributed by atoms with Crippen LogP contribution in [0.4, 0.5) is 0 Å². The highest BCUT2D eigenvalue weighted by Crippen LogP contribution is 1.28. The molecule has 0 saturated carbocycles. The van der Waals surface area contributed by atoms with Crippen LogP contribution in [0.25, 0.3) is 0 Å². The van der Waals surface area contributed by atoms with Crippen LogP contribution >= 0.6 is 0 Å². The molecular formula is C5H18I2N2. The third-order valence-corrected chi connectivity index (χ3v) is 0.697. The lowest BCUT2D eigenvalue weighted by Crippen LogP contribution is -3.00. The Morgan fingerprint density at radius 2 is 1.78 bits per heavy atom. The van der Waals surface area contributed by atoms with Crippen LogP contribution in [0.15, 0.2) is 0 Å². The lowest BCUT2D eigenvalue weighted by molar-refractivity contribution is -0.667. The van der Waals surface area contributed by atoms with Crippen molar-refractivity contribution in [3.05, 3.63) is 0 Å². The zero-order valence-corrected chi connectivity index (χ0v) is 9.48. The Bertz CT molecular complexity index is 24.9. The number of quaternary nitrogens is 2. The second-order valence-electron chi connectivity index (χ2n) is 1.34. The van der Waals surface area contributed by atoms with Gasteiger partial charge in [0.2, 0.25) is 0 Å². The summed E-state index contributed by atoms with van der Waals surface area (Å²) in [6.07, 6.45) is 0. The fourth-order valence-corrected chi connectivity index (χ4v) is 0.348. The van der Waals surface area contributed by atoms with Crippen LogP contribution in [0.1, 0.15) is 14.4 Å². The molecule has 0 rings (SSSR count). The van der Waals surface area contributed by atoms with E-state index in [1.165, 1.54) is 13.1 Å². The summed E-state index contributed by atoms with van der Waals surface area (Å²) in [5, 5.41) is 2.24. The van der Waals surface area contributed by atoms with Crippen LogP contribution in [0.3, 0.4) is 0 Å². The van der Waals surface area contributed by atoms with Gasteiger partial charge in [0.1, 0.15) is 13.1 Å². The molecule has 0 unspecified atom stereocenters. The number of likely N-dealkylation sites (N-methyl/N-ethyl adjacent to an activating group) is 1. The number of hydrogen-bond donors (Lipinski definition) is 2. The highest BCUT2D eigenvalue weighted by atomic mass is 127. The average molecular weight is 360 g/mol. The summed E-state index contributed by atoms with van der Waals surface area (Å²) < 4.78 is 0. The summed E-state index contributed by atoms with van der Waals surface area (Å²) in [7, 11) is 0. The number of halogens is 2. The minimum atomic E-state index is 0. The quantitative estimate of drug-likeness (QED) is 0.371. The van der Waals surface area contributed by atoms with Gasteiger partial charge in [-0.05, 0) is 6.92 Å². The van der Waals surface area contributed by atoms with E-state index in [0.29, 0.717) is 0 Å². The molecule has 0 aromatic rings. The van der Waals surface area contributed by atoms with Gasteiger partial charge in [-0.1, -0.05) is 7.43 Å². The largest absolute Gasteiger partial charge is 1.00 e. The Labute approximate surface area is 92.4 Å². The fourth-order valence-electron chi connectivity index (χ4n) is 0.348. The molecule has 0 atom stereocenters. The Balaban J connectivity index is -0.0000000417. The summed E-state index contributed by atoms with van der Waals surface area (Å²) in [5.74, 6) is 0. The molecular weight excluding hydrogens is 342 g/mol. The summed E-state index contributed by atoms with van der Waals surface area (Å²) in [5.41, 5.74) is 3.69. The van der Waals surface area contributed by atoms with Crippen molar-refractivity contribution in [2.75, 3.05) is 19.6 Å². The van der Waals surface area contributed by atoms with Gasteiger partial charge in [0.15, 0.2) is 0 Å². The summed E-state index contributed by atoms with van der Waals surface area (Å²) in [6.45, 7) is 5.56. The Morgan fingerprint density at radius 3 is 1.89 bits per heavy atom. The van der Waals surface area contributed by atoms with Crippen LogP contribution < -0.4 is 59.0 Å². The van der Waals surface area contributed by atoms with E-state index in [1.807, 2.05) is 0 Å². The normalized spacial score (nSPS) is 6.00. The lowest BCUT2D eigenvalue weighted by atomic mass is 10.6. The summed E-state index contributed by atoms with van der Waals surface area (Å²) in [6, 6.07) is 0. The van der Waals surface area contributed by atoms with Crippen molar-refractivity contribution in [2.45, 2.75) is 14.4 Å². The molecule has 4 heteroatoms. The van der Waals surface area contributed by atoms with Gasteiger partial charge >= 0.3 is 0 Å². The lowest BCUT2D eigenvalue weighted by Gasteiger charge is -1.86. The van der Waals surface area contributed by atoms with Gasteiger partial charge in [-0.25, -0.2) is 0 Å². The molecule has 9 heavy (non-hydrogen) atoms. The zero-order valence-electron chi connectivity index (χ0n) is 5.16. The highest BCUT2D eigenvalue weighted by molar-refractivity contribution is 4.07. The second-order valence-corrected chi connectivity index (χ2v) is 1.34. The topological polar surface area (TPSA) is 44.2 Å². The summed E-state index contributed by atoms with van der Waals surface area (Å²) in [4.78, 5) is 0. The van der Waals surface area contributed by atoms with Crippen molar-refractivity contribution in [3.63, 3.8) is 0 Å². The fraction of sp³-hybridized carbons (Fsp3) is 1.00. The Morgan fingerprint density at radius 1 is 1.33 bits per heavy atom. The van der Waals surface area contributed by atoms with Gasteiger partial charge in [0, 0.05) is 0 Å². The average Bonchev–Trinajstić information content (AvgIpc) is 1.61. The van der Waals surface area contributed by atoms with E-state index in [-0.39, 0.29) is 55.4 Å². The van der Waals surface area contributed by atoms with E-state index in [0.717, 1.165) is 6.54 Å². The first kappa shape index (κ1) is 22.4. The predicted octanol–water partition coefficient (Wildman–Crippen LogP) is -7.54. The molecule has 5 N–H and O–H groups in total. The van der Waals surface area contributed by atoms with E-state index in [4.69, 9.17) is 0 Å². The summed E-state index contributed by atoms with van der Waals surface area (Å²) >= 11 is 0. The molecule has 0 spiro atoms. The first-order valence-electron chi connectivity index (χ1n) is 2.52. The van der Waals surface area contributed by atoms with Crippen molar-refractivity contribution in [1.29, 1.82) is 0 Å². The van der Waals surface area contributed by atoms with Gasteiger partial charge in [0.05, 0.1) is 6.54 Å². The van der Waals surface area contributed by atoms with Crippen molar-refractivity contribution >= 4 is 0 Å². The van der Waals surface area contributed by atoms with E-state index < -0.39 is 0 Å². The first-order valence-corrected chi connectivity index (χ1v) is 2.52. The van der Waals surface area contributed by atoms with Gasteiger partial charge in [-0.3, -0.25) is 0 Å². The van der Waals surface area contributed by atoms with Crippen molar-refractivity contribution in [1.82, 2.24) is 0 Å². The van der Waals surface area contributed by atoms with Gasteiger partial charge in [0.25, 0.3) is 0 Å². The molecule has 0 aromatic heterocycles. The van der Waals surface area contributed by atoms with Crippen molar-refractivity contribution < 1.29 is 59.0 Å². The molecule has 0 fully saturated rings. The zero-order chi connectivity index (χ0) is 4.83. The molecule has 62 valence electrons. The van der Waals surface area contributed by atoms with Crippen LogP contribution in [0.2, 0.25) is 0 Å². The molecule has 0 aliphatic rings. The smallest absolute Gasteiger partial charge is 0.125 e. The Hall–Kier alpha value is 1.38. The van der Waals surface area contributed by atoms with E-state index in [2.05, 4.69) is 18.0 Å². The van der Waals surface area contributed by atoms with Crippen LogP contribution in [-0.4, -0.2) is 19.6 Å². The van der Waals surface area contributed by atoms with E-state index in [1.54, 1.807) is 0 Å². The van der Waals surface area contributed by atoms with E-state index >= 15 is 0 Å². The van der Waals surface area contributed by atoms with Crippen LogP contribution in [0.5, 0.6) is 0 Å². The minimum Gasteiger partial charge on any atom is -1.00 e.